The first kappa shape index (κ1) is 22.3. The molecule has 0 saturated heterocycles. The van der Waals surface area contributed by atoms with E-state index >= 15 is 0 Å². The van der Waals surface area contributed by atoms with Gasteiger partial charge >= 0.3 is 0 Å². The molecule has 2 heterocycles. The number of thiazole rings is 1. The van der Waals surface area contributed by atoms with Gasteiger partial charge in [0.1, 0.15) is 5.82 Å². The molecule has 0 radical (unpaired) electrons. The van der Waals surface area contributed by atoms with Gasteiger partial charge in [0.25, 0.3) is 5.91 Å². The molecule has 1 N–H and O–H groups in total. The molecule has 0 spiro atoms. The van der Waals surface area contributed by atoms with Crippen molar-refractivity contribution in [2.24, 2.45) is 0 Å². The number of anilines is 1. The van der Waals surface area contributed by atoms with Crippen molar-refractivity contribution in [2.45, 2.75) is 6.92 Å². The largest absolute Gasteiger partial charge is 0.493 e. The maximum absolute atomic E-state index is 12.8. The van der Waals surface area contributed by atoms with Gasteiger partial charge in [0.2, 0.25) is 5.13 Å². The summed E-state index contributed by atoms with van der Waals surface area (Å²) in [6.45, 7) is 1.85. The molecule has 32 heavy (non-hydrogen) atoms. The second-order valence-corrected chi connectivity index (χ2v) is 8.91. The highest BCUT2D eigenvalue weighted by molar-refractivity contribution is 9.10. The number of methoxy groups -OCH3 is 2. The Morgan fingerprint density at radius 3 is 2.66 bits per heavy atom. The zero-order valence-corrected chi connectivity index (χ0v) is 20.5. The summed E-state index contributed by atoms with van der Waals surface area (Å²) in [5.41, 5.74) is 2.73. The summed E-state index contributed by atoms with van der Waals surface area (Å²) in [5.74, 6) is 1.42. The van der Waals surface area contributed by atoms with Gasteiger partial charge < -0.3 is 14.8 Å². The van der Waals surface area contributed by atoms with E-state index in [0.29, 0.717) is 33.0 Å². The van der Waals surface area contributed by atoms with Gasteiger partial charge in [-0.3, -0.25) is 4.79 Å². The number of amides is 1. The van der Waals surface area contributed by atoms with Crippen molar-refractivity contribution in [3.63, 3.8) is 0 Å². The third-order valence-electron chi connectivity index (χ3n) is 4.60. The molecule has 0 bridgehead atoms. The van der Waals surface area contributed by atoms with E-state index in [1.807, 2.05) is 30.5 Å². The molecule has 0 saturated carbocycles. The molecule has 0 atom stereocenters. The molecule has 7 nitrogen and oxygen atoms in total. The Morgan fingerprint density at radius 1 is 1.12 bits per heavy atom. The topological polar surface area (TPSA) is 78.3 Å². The zero-order valence-electron chi connectivity index (χ0n) is 17.3. The number of rotatable bonds is 6. The van der Waals surface area contributed by atoms with Crippen molar-refractivity contribution >= 4 is 50.6 Å². The first-order valence-corrected chi connectivity index (χ1v) is 11.5. The predicted molar refractivity (Wildman–Crippen MR) is 130 cm³/mol. The number of nitrogens with one attached hydrogen (secondary N) is 1. The Balaban J connectivity index is 1.65. The van der Waals surface area contributed by atoms with Gasteiger partial charge in [-0.2, -0.15) is 9.78 Å². The number of benzene rings is 2. The van der Waals surface area contributed by atoms with E-state index in [-0.39, 0.29) is 5.91 Å². The minimum atomic E-state index is -0.339. The minimum absolute atomic E-state index is 0.339. The molecule has 2 aromatic carbocycles. The maximum Gasteiger partial charge on any atom is 0.258 e. The summed E-state index contributed by atoms with van der Waals surface area (Å²) in [4.78, 5) is 17.5. The van der Waals surface area contributed by atoms with Crippen molar-refractivity contribution in [3.05, 3.63) is 68.6 Å². The van der Waals surface area contributed by atoms with Gasteiger partial charge in [-0.1, -0.05) is 27.5 Å². The van der Waals surface area contributed by atoms with Crippen LogP contribution < -0.4 is 14.8 Å². The van der Waals surface area contributed by atoms with E-state index in [1.54, 1.807) is 43.2 Å². The summed E-state index contributed by atoms with van der Waals surface area (Å²) in [6.07, 6.45) is 0. The molecule has 10 heteroatoms. The quantitative estimate of drug-likeness (QED) is 0.329. The van der Waals surface area contributed by atoms with Gasteiger partial charge in [0, 0.05) is 21.5 Å². The highest BCUT2D eigenvalue weighted by Gasteiger charge is 2.18. The smallest absolute Gasteiger partial charge is 0.258 e. The van der Waals surface area contributed by atoms with Crippen LogP contribution in [-0.2, 0) is 0 Å². The number of aromatic nitrogens is 3. The van der Waals surface area contributed by atoms with Crippen LogP contribution in [0.15, 0.2) is 52.3 Å². The molecule has 0 fully saturated rings. The number of ether oxygens (including phenoxy) is 2. The van der Waals surface area contributed by atoms with Gasteiger partial charge in [-0.05, 0) is 43.3 Å². The van der Waals surface area contributed by atoms with E-state index < -0.39 is 0 Å². The fraction of sp³-hybridized carbons (Fsp3) is 0.136. The van der Waals surface area contributed by atoms with Crippen molar-refractivity contribution < 1.29 is 14.3 Å². The fourth-order valence-electron chi connectivity index (χ4n) is 3.08. The van der Waals surface area contributed by atoms with E-state index in [9.17, 15) is 4.79 Å². The third kappa shape index (κ3) is 4.50. The van der Waals surface area contributed by atoms with Crippen LogP contribution in [0.1, 0.15) is 16.1 Å². The number of carbonyl (C=O) groups excluding carboxylic acids is 1. The van der Waals surface area contributed by atoms with Gasteiger partial charge in [0.15, 0.2) is 11.5 Å². The molecule has 1 amide bonds. The lowest BCUT2D eigenvalue weighted by Crippen LogP contribution is -2.15. The summed E-state index contributed by atoms with van der Waals surface area (Å²) in [6, 6.07) is 12.5. The summed E-state index contributed by atoms with van der Waals surface area (Å²) in [5, 5.41) is 10.3. The van der Waals surface area contributed by atoms with Crippen molar-refractivity contribution in [3.8, 4) is 27.9 Å². The molecule has 0 aliphatic rings. The van der Waals surface area contributed by atoms with Crippen LogP contribution in [0.3, 0.4) is 0 Å². The molecular formula is C22H18BrClN4O3S. The van der Waals surface area contributed by atoms with E-state index in [0.717, 1.165) is 21.4 Å². The average Bonchev–Trinajstić information content (AvgIpc) is 3.41. The van der Waals surface area contributed by atoms with E-state index in [1.165, 1.54) is 11.3 Å². The molecule has 4 rings (SSSR count). The fourth-order valence-corrected chi connectivity index (χ4v) is 4.44. The lowest BCUT2D eigenvalue weighted by atomic mass is 10.1. The van der Waals surface area contributed by atoms with Gasteiger partial charge in [-0.25, -0.2) is 4.98 Å². The normalized spacial score (nSPS) is 10.8. The second-order valence-electron chi connectivity index (χ2n) is 6.75. The molecule has 164 valence electrons. The van der Waals surface area contributed by atoms with Gasteiger partial charge in [0.05, 0.1) is 36.2 Å². The number of halogens is 2. The number of hydrogen-bond acceptors (Lipinski definition) is 6. The number of aryl methyl sites for hydroxylation is 1. The minimum Gasteiger partial charge on any atom is -0.493 e. The summed E-state index contributed by atoms with van der Waals surface area (Å²) < 4.78 is 13.1. The second kappa shape index (κ2) is 9.32. The monoisotopic (exact) mass is 532 g/mol. The lowest BCUT2D eigenvalue weighted by Gasteiger charge is -2.09. The highest BCUT2D eigenvalue weighted by Crippen LogP contribution is 2.34. The summed E-state index contributed by atoms with van der Waals surface area (Å²) in [7, 11) is 3.18. The molecular weight excluding hydrogens is 516 g/mol. The molecule has 0 unspecified atom stereocenters. The van der Waals surface area contributed by atoms with Crippen molar-refractivity contribution in [1.29, 1.82) is 0 Å². The van der Waals surface area contributed by atoms with Crippen molar-refractivity contribution in [1.82, 2.24) is 14.8 Å². The third-order valence-corrected chi connectivity index (χ3v) is 6.24. The molecule has 2 aromatic heterocycles. The number of carbonyl (C=O) groups is 1. The Kier molecular flexibility index (Phi) is 6.50. The molecule has 0 aliphatic heterocycles. The number of nitrogens with zero attached hydrogens (tertiary/aromatic N) is 3. The highest BCUT2D eigenvalue weighted by atomic mass is 79.9. The lowest BCUT2D eigenvalue weighted by molar-refractivity contribution is 0.102. The number of hydrogen-bond donors (Lipinski definition) is 1. The predicted octanol–water partition coefficient (Wildman–Crippen LogP) is 5.99. The van der Waals surface area contributed by atoms with Crippen LogP contribution in [0, 0.1) is 6.92 Å². The first-order valence-electron chi connectivity index (χ1n) is 9.41. The standard InChI is InChI=1S/C22H18BrClN4O3S/c1-12-8-20(26-21(29)15-10-14(23)5-6-16(15)24)28(27-12)22-25-17(11-32-22)13-4-7-18(30-2)19(9-13)31-3/h4-11H,1-3H3,(H,26,29). The Labute approximate surface area is 202 Å². The van der Waals surface area contributed by atoms with E-state index in [4.69, 9.17) is 26.1 Å². The first-order chi connectivity index (χ1) is 15.4. The van der Waals surface area contributed by atoms with Gasteiger partial charge in [-0.15, -0.1) is 11.3 Å². The molecule has 0 aliphatic carbocycles. The summed E-state index contributed by atoms with van der Waals surface area (Å²) >= 11 is 11.0. The SMILES string of the molecule is COc1ccc(-c2csc(-n3nc(C)cc3NC(=O)c3cc(Br)ccc3Cl)n2)cc1OC. The van der Waals surface area contributed by atoms with Crippen molar-refractivity contribution in [2.75, 3.05) is 19.5 Å². The maximum atomic E-state index is 12.8. The molecule has 4 aromatic rings. The van der Waals surface area contributed by atoms with E-state index in [2.05, 4.69) is 26.3 Å². The van der Waals surface area contributed by atoms with Crippen LogP contribution in [-0.4, -0.2) is 34.9 Å². The average molecular weight is 534 g/mol. The Hall–Kier alpha value is -2.88. The van der Waals surface area contributed by atoms with Crippen LogP contribution in [0.25, 0.3) is 16.4 Å². The Bertz CT molecular complexity index is 1300. The van der Waals surface area contributed by atoms with Crippen LogP contribution in [0.4, 0.5) is 5.82 Å². The van der Waals surface area contributed by atoms with Crippen LogP contribution >= 0.6 is 38.9 Å². The van der Waals surface area contributed by atoms with Crippen LogP contribution in [0.5, 0.6) is 11.5 Å². The van der Waals surface area contributed by atoms with Crippen LogP contribution in [0.2, 0.25) is 5.02 Å². The zero-order chi connectivity index (χ0) is 22.8. The Morgan fingerprint density at radius 2 is 1.91 bits per heavy atom.